The molecule has 0 aliphatic heterocycles. The first-order valence-electron chi connectivity index (χ1n) is 12.8. The number of ketones is 2. The molecule has 0 bridgehead atoms. The van der Waals surface area contributed by atoms with Gasteiger partial charge in [-0.05, 0) is 104 Å². The predicted molar refractivity (Wildman–Crippen MR) is 161 cm³/mol. The Morgan fingerprint density at radius 2 is 1.29 bits per heavy atom. The van der Waals surface area contributed by atoms with Gasteiger partial charge in [0.25, 0.3) is 0 Å². The smallest absolute Gasteiger partial charge is 0.193 e. The lowest BCUT2D eigenvalue weighted by Crippen LogP contribution is -2.08. The highest BCUT2D eigenvalue weighted by atomic mass is 35.5. The van der Waals surface area contributed by atoms with Crippen LogP contribution in [0.2, 0.25) is 5.02 Å². The fraction of sp³-hybridized carbons (Fsp3) is 0.212. The van der Waals surface area contributed by atoms with Crippen molar-refractivity contribution < 1.29 is 9.59 Å². The first kappa shape index (κ1) is 28.2. The molecule has 4 aromatic carbocycles. The van der Waals surface area contributed by atoms with Gasteiger partial charge >= 0.3 is 0 Å². The minimum Gasteiger partial charge on any atom is -0.300 e. The summed E-state index contributed by atoms with van der Waals surface area (Å²) >= 11 is 9.53. The number of halogens is 1. The van der Waals surface area contributed by atoms with Gasteiger partial charge in [-0.2, -0.15) is 0 Å². The molecule has 1 atom stereocenters. The van der Waals surface area contributed by atoms with E-state index in [1.54, 1.807) is 18.7 Å². The van der Waals surface area contributed by atoms with Crippen molar-refractivity contribution in [1.29, 1.82) is 0 Å². The van der Waals surface area contributed by atoms with Crippen molar-refractivity contribution in [2.45, 2.75) is 47.3 Å². The topological polar surface area (TPSA) is 34.1 Å². The number of benzene rings is 4. The third kappa shape index (κ3) is 8.90. The molecular formula is C33H31ClO2S2. The SMILES string of the molecule is CC(=O)CCC(CCSc1ccc(Cl)cc1)Cc1ccc(Sc2ccc(C(=O)c3ccccc3)cc2)cc1. The van der Waals surface area contributed by atoms with E-state index in [0.717, 1.165) is 39.8 Å². The lowest BCUT2D eigenvalue weighted by Gasteiger charge is -2.17. The molecule has 4 aromatic rings. The molecule has 0 saturated heterocycles. The Morgan fingerprint density at radius 3 is 1.92 bits per heavy atom. The fourth-order valence-corrected chi connectivity index (χ4v) is 6.18. The molecule has 0 heterocycles. The van der Waals surface area contributed by atoms with E-state index in [9.17, 15) is 9.59 Å². The molecule has 194 valence electrons. The third-order valence-corrected chi connectivity index (χ3v) is 8.66. The summed E-state index contributed by atoms with van der Waals surface area (Å²) in [5.74, 6) is 1.77. The molecule has 0 radical (unpaired) electrons. The molecule has 1 unspecified atom stereocenters. The van der Waals surface area contributed by atoms with Gasteiger partial charge in [0.15, 0.2) is 5.78 Å². The van der Waals surface area contributed by atoms with Crippen molar-refractivity contribution in [3.63, 3.8) is 0 Å². The second-order valence-corrected chi connectivity index (χ2v) is 12.1. The van der Waals surface area contributed by atoms with Gasteiger partial charge in [-0.25, -0.2) is 0 Å². The van der Waals surface area contributed by atoms with Crippen molar-refractivity contribution in [3.05, 3.63) is 125 Å². The summed E-state index contributed by atoms with van der Waals surface area (Å²) in [5.41, 5.74) is 2.69. The maximum atomic E-state index is 12.6. The molecule has 5 heteroatoms. The minimum atomic E-state index is 0.0393. The van der Waals surface area contributed by atoms with Crippen molar-refractivity contribution >= 4 is 46.7 Å². The molecule has 0 aromatic heterocycles. The summed E-state index contributed by atoms with van der Waals surface area (Å²) in [6.07, 6.45) is 3.58. The second-order valence-electron chi connectivity index (χ2n) is 9.37. The second kappa shape index (κ2) is 14.4. The van der Waals surface area contributed by atoms with E-state index < -0.39 is 0 Å². The summed E-state index contributed by atoms with van der Waals surface area (Å²) < 4.78 is 0. The van der Waals surface area contributed by atoms with Gasteiger partial charge in [0.2, 0.25) is 0 Å². The molecule has 0 N–H and O–H groups in total. The van der Waals surface area contributed by atoms with Crippen molar-refractivity contribution in [3.8, 4) is 0 Å². The van der Waals surface area contributed by atoms with E-state index in [-0.39, 0.29) is 11.6 Å². The van der Waals surface area contributed by atoms with E-state index in [2.05, 4.69) is 36.4 Å². The molecule has 0 spiro atoms. The zero-order valence-electron chi connectivity index (χ0n) is 21.4. The Balaban J connectivity index is 1.32. The molecule has 0 fully saturated rings. The highest BCUT2D eigenvalue weighted by Gasteiger charge is 2.13. The van der Waals surface area contributed by atoms with Crippen LogP contribution in [0.1, 0.15) is 47.7 Å². The molecular weight excluding hydrogens is 528 g/mol. The molecule has 0 amide bonds. The van der Waals surface area contributed by atoms with Crippen molar-refractivity contribution in [2.75, 3.05) is 5.75 Å². The highest BCUT2D eigenvalue weighted by molar-refractivity contribution is 7.99. The van der Waals surface area contributed by atoms with Crippen LogP contribution < -0.4 is 0 Å². The maximum Gasteiger partial charge on any atom is 0.193 e. The van der Waals surface area contributed by atoms with Gasteiger partial charge in [-0.15, -0.1) is 11.8 Å². The fourth-order valence-electron chi connectivity index (χ4n) is 4.22. The maximum absolute atomic E-state index is 12.6. The van der Waals surface area contributed by atoms with Crippen LogP contribution in [0.25, 0.3) is 0 Å². The number of thioether (sulfide) groups is 1. The average Bonchev–Trinajstić information content (AvgIpc) is 2.94. The quantitative estimate of drug-likeness (QED) is 0.121. The Morgan fingerprint density at radius 1 is 0.711 bits per heavy atom. The van der Waals surface area contributed by atoms with Gasteiger partial charge in [-0.1, -0.05) is 65.8 Å². The summed E-state index contributed by atoms with van der Waals surface area (Å²) in [6, 6.07) is 33.8. The Labute approximate surface area is 239 Å². The summed E-state index contributed by atoms with van der Waals surface area (Å²) in [6.45, 7) is 1.68. The molecule has 4 rings (SSSR count). The number of carbonyl (C=O) groups excluding carboxylic acids is 2. The zero-order valence-corrected chi connectivity index (χ0v) is 23.8. The minimum absolute atomic E-state index is 0.0393. The monoisotopic (exact) mass is 558 g/mol. The van der Waals surface area contributed by atoms with Gasteiger partial charge in [0, 0.05) is 37.3 Å². The number of hydrogen-bond acceptors (Lipinski definition) is 4. The molecule has 0 aliphatic carbocycles. The molecule has 0 saturated carbocycles. The predicted octanol–water partition coefficient (Wildman–Crippen LogP) is 9.43. The van der Waals surface area contributed by atoms with Gasteiger partial charge in [0.1, 0.15) is 5.78 Å². The van der Waals surface area contributed by atoms with Crippen LogP contribution in [0, 0.1) is 5.92 Å². The van der Waals surface area contributed by atoms with E-state index in [1.165, 1.54) is 10.5 Å². The molecule has 38 heavy (non-hydrogen) atoms. The van der Waals surface area contributed by atoms with E-state index >= 15 is 0 Å². The first-order chi connectivity index (χ1) is 18.5. The summed E-state index contributed by atoms with van der Waals surface area (Å²) in [5, 5.41) is 0.755. The van der Waals surface area contributed by atoms with Gasteiger partial charge in [0.05, 0.1) is 0 Å². The number of Topliss-reactive ketones (excluding diaryl/α,β-unsaturated/α-hetero) is 1. The lowest BCUT2D eigenvalue weighted by molar-refractivity contribution is -0.117. The Hall–Kier alpha value is -2.79. The van der Waals surface area contributed by atoms with Crippen LogP contribution in [-0.4, -0.2) is 17.3 Å². The van der Waals surface area contributed by atoms with Gasteiger partial charge < -0.3 is 4.79 Å². The third-order valence-electron chi connectivity index (χ3n) is 6.35. The van der Waals surface area contributed by atoms with Crippen molar-refractivity contribution in [1.82, 2.24) is 0 Å². The van der Waals surface area contributed by atoms with E-state index in [1.807, 2.05) is 78.5 Å². The van der Waals surface area contributed by atoms with Crippen LogP contribution in [-0.2, 0) is 11.2 Å². The largest absolute Gasteiger partial charge is 0.300 e. The number of hydrogen-bond donors (Lipinski definition) is 0. The summed E-state index contributed by atoms with van der Waals surface area (Å²) in [7, 11) is 0. The highest BCUT2D eigenvalue weighted by Crippen LogP contribution is 2.30. The van der Waals surface area contributed by atoms with Crippen LogP contribution in [0.3, 0.4) is 0 Å². The zero-order chi connectivity index (χ0) is 26.7. The Bertz CT molecular complexity index is 1320. The standard InChI is InChI=1S/C33H31ClO2S2/c1-24(35)7-8-26(21-22-37-30-19-13-29(34)14-20-30)23-25-9-15-31(16-10-25)38-32-17-11-28(12-18-32)33(36)27-5-3-2-4-6-27/h2-6,9-20,26H,7-8,21-23H2,1H3. The van der Waals surface area contributed by atoms with Crippen molar-refractivity contribution in [2.24, 2.45) is 5.92 Å². The number of carbonyl (C=O) groups is 2. The lowest BCUT2D eigenvalue weighted by atomic mass is 9.92. The van der Waals surface area contributed by atoms with Crippen LogP contribution in [0.15, 0.2) is 118 Å². The van der Waals surface area contributed by atoms with E-state index in [0.29, 0.717) is 23.5 Å². The number of rotatable bonds is 13. The Kier molecular flexibility index (Phi) is 10.7. The average molecular weight is 559 g/mol. The summed E-state index contributed by atoms with van der Waals surface area (Å²) in [4.78, 5) is 27.8. The van der Waals surface area contributed by atoms with Crippen LogP contribution in [0.4, 0.5) is 0 Å². The van der Waals surface area contributed by atoms with Crippen LogP contribution in [0.5, 0.6) is 0 Å². The van der Waals surface area contributed by atoms with E-state index in [4.69, 9.17) is 11.6 Å². The first-order valence-corrected chi connectivity index (χ1v) is 15.0. The van der Waals surface area contributed by atoms with Crippen LogP contribution >= 0.6 is 35.1 Å². The van der Waals surface area contributed by atoms with Gasteiger partial charge in [-0.3, -0.25) is 4.79 Å². The molecule has 0 aliphatic rings. The molecule has 2 nitrogen and oxygen atoms in total. The normalized spacial score (nSPS) is 11.7.